The predicted molar refractivity (Wildman–Crippen MR) is 121 cm³/mol. The number of nitrogens with one attached hydrogen (secondary N) is 4. The van der Waals surface area contributed by atoms with Crippen LogP contribution in [0.1, 0.15) is 19.8 Å². The highest BCUT2D eigenvalue weighted by molar-refractivity contribution is 6.42. The first-order chi connectivity index (χ1) is 13.8. The Morgan fingerprint density at radius 3 is 1.83 bits per heavy atom. The SMILES string of the molecule is CC[C@H](CCNC(=O)Nc1ccc(Cl)c(Cl)c1)NC(=O)Nc1ccc(Cl)c(Cl)c1. The second-order valence-electron chi connectivity index (χ2n) is 6.13. The molecule has 2 rings (SSSR count). The normalized spacial score (nSPS) is 11.5. The van der Waals surface area contributed by atoms with Gasteiger partial charge in [0.05, 0.1) is 20.1 Å². The molecule has 0 unspecified atom stereocenters. The summed E-state index contributed by atoms with van der Waals surface area (Å²) in [5.41, 5.74) is 1.06. The van der Waals surface area contributed by atoms with Gasteiger partial charge in [0.15, 0.2) is 0 Å². The van der Waals surface area contributed by atoms with E-state index < -0.39 is 0 Å². The van der Waals surface area contributed by atoms with Gasteiger partial charge in [0.25, 0.3) is 0 Å². The molecule has 2 aromatic carbocycles. The van der Waals surface area contributed by atoms with E-state index in [2.05, 4.69) is 21.3 Å². The van der Waals surface area contributed by atoms with Gasteiger partial charge in [-0.3, -0.25) is 0 Å². The van der Waals surface area contributed by atoms with Crippen LogP contribution >= 0.6 is 46.4 Å². The van der Waals surface area contributed by atoms with Crippen molar-refractivity contribution < 1.29 is 9.59 Å². The lowest BCUT2D eigenvalue weighted by Crippen LogP contribution is -2.40. The lowest BCUT2D eigenvalue weighted by atomic mass is 10.1. The van der Waals surface area contributed by atoms with Gasteiger partial charge in [-0.15, -0.1) is 0 Å². The number of hydrogen-bond donors (Lipinski definition) is 4. The van der Waals surface area contributed by atoms with Crippen LogP contribution in [0.2, 0.25) is 20.1 Å². The highest BCUT2D eigenvalue weighted by atomic mass is 35.5. The molecule has 4 amide bonds. The van der Waals surface area contributed by atoms with Gasteiger partial charge in [0, 0.05) is 24.0 Å². The average molecular weight is 478 g/mol. The molecule has 0 fully saturated rings. The van der Waals surface area contributed by atoms with Crippen molar-refractivity contribution in [2.24, 2.45) is 0 Å². The van der Waals surface area contributed by atoms with Gasteiger partial charge in [-0.1, -0.05) is 53.3 Å². The van der Waals surface area contributed by atoms with Gasteiger partial charge < -0.3 is 21.3 Å². The van der Waals surface area contributed by atoms with Crippen molar-refractivity contribution in [2.75, 3.05) is 17.2 Å². The highest BCUT2D eigenvalue weighted by Gasteiger charge is 2.12. The number of hydrogen-bond acceptors (Lipinski definition) is 2. The van der Waals surface area contributed by atoms with Crippen LogP contribution < -0.4 is 21.3 Å². The van der Waals surface area contributed by atoms with Gasteiger partial charge in [-0.05, 0) is 49.2 Å². The van der Waals surface area contributed by atoms with Crippen LogP contribution in [-0.4, -0.2) is 24.6 Å². The maximum Gasteiger partial charge on any atom is 0.319 e. The summed E-state index contributed by atoms with van der Waals surface area (Å²) in [5, 5.41) is 12.5. The van der Waals surface area contributed by atoms with E-state index in [-0.39, 0.29) is 18.1 Å². The van der Waals surface area contributed by atoms with E-state index in [9.17, 15) is 9.59 Å². The second kappa shape index (κ2) is 11.4. The molecular weight excluding hydrogens is 458 g/mol. The van der Waals surface area contributed by atoms with E-state index in [0.717, 1.165) is 0 Å². The van der Waals surface area contributed by atoms with Gasteiger partial charge >= 0.3 is 12.1 Å². The van der Waals surface area contributed by atoms with Crippen molar-refractivity contribution >= 4 is 69.8 Å². The van der Waals surface area contributed by atoms with Crippen molar-refractivity contribution in [3.63, 3.8) is 0 Å². The zero-order valence-electron chi connectivity index (χ0n) is 15.5. The Morgan fingerprint density at radius 1 is 0.828 bits per heavy atom. The fourth-order valence-corrected chi connectivity index (χ4v) is 3.01. The summed E-state index contributed by atoms with van der Waals surface area (Å²) in [4.78, 5) is 24.1. The molecule has 10 heteroatoms. The van der Waals surface area contributed by atoms with Gasteiger partial charge in [-0.2, -0.15) is 0 Å². The molecule has 156 valence electrons. The zero-order valence-corrected chi connectivity index (χ0v) is 18.5. The summed E-state index contributed by atoms with van der Waals surface area (Å²) in [6.07, 6.45) is 1.25. The third kappa shape index (κ3) is 7.82. The van der Waals surface area contributed by atoms with Gasteiger partial charge in [-0.25, -0.2) is 9.59 Å². The predicted octanol–water partition coefficient (Wildman–Crippen LogP) is 6.41. The molecule has 0 saturated carbocycles. The fraction of sp³-hybridized carbons (Fsp3) is 0.263. The first kappa shape index (κ1) is 23.4. The molecule has 0 aromatic heterocycles. The Labute approximate surface area is 189 Å². The number of carbonyl (C=O) groups excluding carboxylic acids is 2. The molecule has 4 N–H and O–H groups in total. The maximum absolute atomic E-state index is 12.2. The van der Waals surface area contributed by atoms with Crippen LogP contribution in [0, 0.1) is 0 Å². The van der Waals surface area contributed by atoms with Gasteiger partial charge in [0.1, 0.15) is 0 Å². The quantitative estimate of drug-likeness (QED) is 0.371. The molecule has 6 nitrogen and oxygen atoms in total. The molecule has 29 heavy (non-hydrogen) atoms. The van der Waals surface area contributed by atoms with E-state index in [1.165, 1.54) is 0 Å². The minimum absolute atomic E-state index is 0.122. The Kier molecular flexibility index (Phi) is 9.17. The van der Waals surface area contributed by atoms with Crippen molar-refractivity contribution in [1.82, 2.24) is 10.6 Å². The summed E-state index contributed by atoms with van der Waals surface area (Å²) in [7, 11) is 0. The molecule has 0 spiro atoms. The van der Waals surface area contributed by atoms with Crippen LogP contribution in [0.4, 0.5) is 21.0 Å². The van der Waals surface area contributed by atoms with Crippen molar-refractivity contribution in [3.05, 3.63) is 56.5 Å². The van der Waals surface area contributed by atoms with E-state index >= 15 is 0 Å². The Hall–Kier alpha value is -1.86. The van der Waals surface area contributed by atoms with E-state index in [4.69, 9.17) is 46.4 Å². The third-order valence-corrected chi connectivity index (χ3v) is 5.44. The molecular formula is C19H20Cl4N4O2. The van der Waals surface area contributed by atoms with Crippen LogP contribution in [-0.2, 0) is 0 Å². The summed E-state index contributed by atoms with van der Waals surface area (Å²) >= 11 is 23.6. The number of amides is 4. The van der Waals surface area contributed by atoms with Crippen LogP contribution in [0.25, 0.3) is 0 Å². The van der Waals surface area contributed by atoms with Crippen LogP contribution in [0.3, 0.4) is 0 Å². The second-order valence-corrected chi connectivity index (χ2v) is 7.76. The molecule has 0 aliphatic rings. The topological polar surface area (TPSA) is 82.3 Å². The van der Waals surface area contributed by atoms with Crippen molar-refractivity contribution in [1.29, 1.82) is 0 Å². The molecule has 2 aromatic rings. The number of anilines is 2. The summed E-state index contributed by atoms with van der Waals surface area (Å²) < 4.78 is 0. The number of carbonyl (C=O) groups is 2. The zero-order chi connectivity index (χ0) is 21.4. The first-order valence-corrected chi connectivity index (χ1v) is 10.3. The number of halogens is 4. The molecule has 0 aliphatic carbocycles. The number of rotatable bonds is 7. The van der Waals surface area contributed by atoms with Crippen LogP contribution in [0.5, 0.6) is 0 Å². The van der Waals surface area contributed by atoms with Crippen LogP contribution in [0.15, 0.2) is 36.4 Å². The van der Waals surface area contributed by atoms with E-state index in [1.807, 2.05) is 6.92 Å². The molecule has 0 aliphatic heterocycles. The first-order valence-electron chi connectivity index (χ1n) is 8.81. The molecule has 0 bridgehead atoms. The molecule has 0 saturated heterocycles. The minimum Gasteiger partial charge on any atom is -0.338 e. The van der Waals surface area contributed by atoms with Gasteiger partial charge in [0.2, 0.25) is 0 Å². The standard InChI is InChI=1S/C19H20Cl4N4O2/c1-2-11(25-19(29)27-13-4-6-15(21)17(23)10-13)7-8-24-18(28)26-12-3-5-14(20)16(22)9-12/h3-6,9-11H,2,7-8H2,1H3,(H2,24,26,28)(H2,25,27,29)/t11-/m1/s1. The lowest BCUT2D eigenvalue weighted by Gasteiger charge is -2.18. The Balaban J connectivity index is 1.75. The highest BCUT2D eigenvalue weighted by Crippen LogP contribution is 2.25. The largest absolute Gasteiger partial charge is 0.338 e. The molecule has 1 atom stereocenters. The fourth-order valence-electron chi connectivity index (χ4n) is 2.41. The minimum atomic E-state index is -0.376. The summed E-state index contributed by atoms with van der Waals surface area (Å²) in [5.74, 6) is 0. The maximum atomic E-state index is 12.2. The smallest absolute Gasteiger partial charge is 0.319 e. The monoisotopic (exact) mass is 476 g/mol. The van der Waals surface area contributed by atoms with E-state index in [0.29, 0.717) is 50.9 Å². The average Bonchev–Trinajstić information content (AvgIpc) is 2.67. The Morgan fingerprint density at radius 2 is 1.34 bits per heavy atom. The third-order valence-electron chi connectivity index (χ3n) is 3.96. The summed E-state index contributed by atoms with van der Waals surface area (Å²) in [6.45, 7) is 2.32. The molecule has 0 heterocycles. The number of benzene rings is 2. The lowest BCUT2D eigenvalue weighted by molar-refractivity contribution is 0.246. The Bertz CT molecular complexity index is 879. The molecule has 0 radical (unpaired) electrons. The number of urea groups is 2. The van der Waals surface area contributed by atoms with Crippen molar-refractivity contribution in [2.45, 2.75) is 25.8 Å². The van der Waals surface area contributed by atoms with Crippen molar-refractivity contribution in [3.8, 4) is 0 Å². The van der Waals surface area contributed by atoms with E-state index in [1.54, 1.807) is 36.4 Å². The summed E-state index contributed by atoms with van der Waals surface area (Å²) in [6, 6.07) is 8.78.